The summed E-state index contributed by atoms with van der Waals surface area (Å²) in [5, 5.41) is 28.8. The van der Waals surface area contributed by atoms with Gasteiger partial charge >= 0.3 is 0 Å². The molecule has 1 saturated heterocycles. The number of rotatable bonds is 19. The maximum absolute atomic E-state index is 9.83. The molecule has 0 aromatic carbocycles. The van der Waals surface area contributed by atoms with Gasteiger partial charge in [0, 0.05) is 6.61 Å². The average Bonchev–Trinajstić information content (AvgIpc) is 3.06. The zero-order valence-electron chi connectivity index (χ0n) is 18.6. The molecule has 1 rings (SSSR count). The van der Waals surface area contributed by atoms with E-state index in [1.165, 1.54) is 77.0 Å². The van der Waals surface area contributed by atoms with Gasteiger partial charge in [-0.2, -0.15) is 0 Å². The molecule has 29 heavy (non-hydrogen) atoms. The van der Waals surface area contributed by atoms with Crippen LogP contribution in [0.15, 0.2) is 12.2 Å². The Labute approximate surface area is 178 Å². The van der Waals surface area contributed by atoms with Gasteiger partial charge in [-0.15, -0.1) is 0 Å². The first-order valence-electron chi connectivity index (χ1n) is 12.1. The first kappa shape index (κ1) is 26.6. The van der Waals surface area contributed by atoms with Gasteiger partial charge in [0.1, 0.15) is 24.4 Å². The Kier molecular flexibility index (Phi) is 16.8. The summed E-state index contributed by atoms with van der Waals surface area (Å²) in [5.74, 6) is 0. The average molecular weight is 415 g/mol. The maximum Gasteiger partial charge on any atom is 0.114 e. The molecule has 0 aromatic heterocycles. The Balaban J connectivity index is 1.86. The van der Waals surface area contributed by atoms with E-state index in [2.05, 4.69) is 19.1 Å². The largest absolute Gasteiger partial charge is 0.394 e. The molecular weight excluding hydrogens is 368 g/mol. The van der Waals surface area contributed by atoms with Gasteiger partial charge in [-0.1, -0.05) is 76.9 Å². The van der Waals surface area contributed by atoms with Crippen LogP contribution in [0.5, 0.6) is 0 Å². The SMILES string of the molecule is CCCCCCCCC/C=C/CCCCCCCO[C@H](CO)[C@H]1OC[C@H](O)[C@H]1O. The number of aliphatic hydroxyl groups is 3. The van der Waals surface area contributed by atoms with E-state index in [1.807, 2.05) is 0 Å². The molecule has 0 radical (unpaired) electrons. The molecule has 1 aliphatic rings. The molecule has 5 heteroatoms. The Morgan fingerprint density at radius 3 is 1.93 bits per heavy atom. The van der Waals surface area contributed by atoms with Crippen molar-refractivity contribution in [3.63, 3.8) is 0 Å². The fourth-order valence-corrected chi connectivity index (χ4v) is 3.79. The summed E-state index contributed by atoms with van der Waals surface area (Å²) >= 11 is 0. The van der Waals surface area contributed by atoms with Gasteiger partial charge in [-0.25, -0.2) is 0 Å². The lowest BCUT2D eigenvalue weighted by atomic mass is 10.1. The zero-order valence-corrected chi connectivity index (χ0v) is 18.6. The lowest BCUT2D eigenvalue weighted by molar-refractivity contribution is -0.101. The van der Waals surface area contributed by atoms with Gasteiger partial charge in [-0.05, 0) is 32.1 Å². The van der Waals surface area contributed by atoms with Crippen LogP contribution in [-0.2, 0) is 9.47 Å². The molecule has 0 bridgehead atoms. The van der Waals surface area contributed by atoms with E-state index in [1.54, 1.807) is 0 Å². The van der Waals surface area contributed by atoms with Crippen molar-refractivity contribution in [3.05, 3.63) is 12.2 Å². The van der Waals surface area contributed by atoms with Crippen molar-refractivity contribution in [3.8, 4) is 0 Å². The van der Waals surface area contributed by atoms with Crippen LogP contribution in [0.25, 0.3) is 0 Å². The molecule has 0 aliphatic carbocycles. The fourth-order valence-electron chi connectivity index (χ4n) is 3.79. The highest BCUT2D eigenvalue weighted by atomic mass is 16.6. The molecule has 3 N–H and O–H groups in total. The Bertz CT molecular complexity index is 387. The normalized spacial score (nSPS) is 23.2. The summed E-state index contributed by atoms with van der Waals surface area (Å²) in [5.41, 5.74) is 0. The first-order valence-corrected chi connectivity index (χ1v) is 12.1. The highest BCUT2D eigenvalue weighted by Gasteiger charge is 2.40. The van der Waals surface area contributed by atoms with Crippen LogP contribution in [0.4, 0.5) is 0 Å². The van der Waals surface area contributed by atoms with Crippen LogP contribution in [-0.4, -0.2) is 59.6 Å². The van der Waals surface area contributed by atoms with Crippen molar-refractivity contribution in [1.29, 1.82) is 0 Å². The van der Waals surface area contributed by atoms with Gasteiger partial charge in [0.2, 0.25) is 0 Å². The monoisotopic (exact) mass is 414 g/mol. The Hall–Kier alpha value is -0.460. The summed E-state index contributed by atoms with van der Waals surface area (Å²) in [6.07, 6.45) is 19.4. The predicted octanol–water partition coefficient (Wildman–Crippen LogP) is 4.52. The smallest absolute Gasteiger partial charge is 0.114 e. The molecule has 1 fully saturated rings. The number of hydrogen-bond donors (Lipinski definition) is 3. The molecule has 172 valence electrons. The van der Waals surface area contributed by atoms with Crippen LogP contribution in [0.3, 0.4) is 0 Å². The van der Waals surface area contributed by atoms with Crippen molar-refractivity contribution < 1.29 is 24.8 Å². The minimum Gasteiger partial charge on any atom is -0.394 e. The number of ether oxygens (including phenoxy) is 2. The lowest BCUT2D eigenvalue weighted by Crippen LogP contribution is -2.42. The van der Waals surface area contributed by atoms with Crippen molar-refractivity contribution in [2.75, 3.05) is 19.8 Å². The quantitative estimate of drug-likeness (QED) is 0.214. The lowest BCUT2D eigenvalue weighted by Gasteiger charge is -2.24. The van der Waals surface area contributed by atoms with Crippen LogP contribution >= 0.6 is 0 Å². The van der Waals surface area contributed by atoms with E-state index < -0.39 is 24.4 Å². The molecule has 4 atom stereocenters. The second-order valence-corrected chi connectivity index (χ2v) is 8.39. The van der Waals surface area contributed by atoms with E-state index in [4.69, 9.17) is 9.47 Å². The fraction of sp³-hybridized carbons (Fsp3) is 0.917. The highest BCUT2D eigenvalue weighted by molar-refractivity contribution is 4.88. The van der Waals surface area contributed by atoms with E-state index in [9.17, 15) is 15.3 Å². The van der Waals surface area contributed by atoms with Gasteiger partial charge in [0.05, 0.1) is 13.2 Å². The molecule has 1 aliphatic heterocycles. The number of hydrogen-bond acceptors (Lipinski definition) is 5. The van der Waals surface area contributed by atoms with Crippen LogP contribution in [0.2, 0.25) is 0 Å². The standard InChI is InChI=1S/C24H46O5/c1-2-3-4-5-6-7-8-9-10-11-12-13-14-15-16-17-18-28-22(19-25)24-23(27)21(26)20-29-24/h10-11,21-27H,2-9,12-20H2,1H3/b11-10+/t21-,22+,23+,24+/m0/s1. The topological polar surface area (TPSA) is 79.2 Å². The third kappa shape index (κ3) is 12.7. The summed E-state index contributed by atoms with van der Waals surface area (Å²) < 4.78 is 11.0. The van der Waals surface area contributed by atoms with Crippen molar-refractivity contribution in [2.24, 2.45) is 0 Å². The van der Waals surface area contributed by atoms with Gasteiger partial charge in [0.15, 0.2) is 0 Å². The van der Waals surface area contributed by atoms with E-state index >= 15 is 0 Å². The van der Waals surface area contributed by atoms with Gasteiger partial charge < -0.3 is 24.8 Å². The second kappa shape index (κ2) is 18.3. The third-order valence-corrected chi connectivity index (χ3v) is 5.72. The number of unbranched alkanes of at least 4 members (excludes halogenated alkanes) is 12. The summed E-state index contributed by atoms with van der Waals surface area (Å²) in [6, 6.07) is 0. The number of allylic oxidation sites excluding steroid dienone is 2. The van der Waals surface area contributed by atoms with Gasteiger partial charge in [0.25, 0.3) is 0 Å². The minimum atomic E-state index is -0.981. The summed E-state index contributed by atoms with van der Waals surface area (Å²) in [7, 11) is 0. The minimum absolute atomic E-state index is 0.0964. The second-order valence-electron chi connectivity index (χ2n) is 8.39. The van der Waals surface area contributed by atoms with Crippen molar-refractivity contribution >= 4 is 0 Å². The van der Waals surface area contributed by atoms with Crippen LogP contribution < -0.4 is 0 Å². The molecule has 0 unspecified atom stereocenters. The molecule has 0 aromatic rings. The van der Waals surface area contributed by atoms with Crippen LogP contribution in [0.1, 0.15) is 96.8 Å². The molecule has 5 nitrogen and oxygen atoms in total. The Morgan fingerprint density at radius 1 is 0.862 bits per heavy atom. The van der Waals surface area contributed by atoms with Crippen LogP contribution in [0, 0.1) is 0 Å². The van der Waals surface area contributed by atoms with Gasteiger partial charge in [-0.3, -0.25) is 0 Å². The van der Waals surface area contributed by atoms with E-state index in [0.717, 1.165) is 12.8 Å². The molecular formula is C24H46O5. The summed E-state index contributed by atoms with van der Waals surface area (Å²) in [6.45, 7) is 2.70. The van der Waals surface area contributed by atoms with Crippen molar-refractivity contribution in [1.82, 2.24) is 0 Å². The highest BCUT2D eigenvalue weighted by Crippen LogP contribution is 2.20. The molecule has 0 amide bonds. The zero-order chi connectivity index (χ0) is 21.2. The molecule has 1 heterocycles. The molecule has 0 saturated carbocycles. The number of aliphatic hydroxyl groups excluding tert-OH is 3. The van der Waals surface area contributed by atoms with E-state index in [0.29, 0.717) is 6.61 Å². The van der Waals surface area contributed by atoms with Crippen molar-refractivity contribution in [2.45, 2.75) is 121 Å². The third-order valence-electron chi connectivity index (χ3n) is 5.72. The maximum atomic E-state index is 9.83. The Morgan fingerprint density at radius 2 is 1.41 bits per heavy atom. The van der Waals surface area contributed by atoms with E-state index in [-0.39, 0.29) is 13.2 Å². The first-order chi connectivity index (χ1) is 14.2. The predicted molar refractivity (Wildman–Crippen MR) is 118 cm³/mol. The summed E-state index contributed by atoms with van der Waals surface area (Å²) in [4.78, 5) is 0. The molecule has 0 spiro atoms.